The molecule has 0 saturated carbocycles. The first-order valence-corrected chi connectivity index (χ1v) is 7.72. The highest BCUT2D eigenvalue weighted by Crippen LogP contribution is 2.17. The fourth-order valence-corrected chi connectivity index (χ4v) is 2.51. The number of hydrogen-bond acceptors (Lipinski definition) is 3. The Balaban J connectivity index is 2.00. The molecule has 1 heterocycles. The number of carbonyl (C=O) groups is 2. The van der Waals surface area contributed by atoms with Crippen LogP contribution in [0.4, 0.5) is 9.18 Å². The Labute approximate surface area is 136 Å². The van der Waals surface area contributed by atoms with Gasteiger partial charge in [-0.25, -0.2) is 9.18 Å². The van der Waals surface area contributed by atoms with Crippen LogP contribution < -0.4 is 0 Å². The molecule has 0 radical (unpaired) electrons. The Bertz CT molecular complexity index is 580. The third kappa shape index (κ3) is 4.43. The molecular weight excluding hydrogens is 299 g/mol. The number of ether oxygens (including phenoxy) is 1. The second-order valence-corrected chi connectivity index (χ2v) is 6.78. The molecule has 0 bridgehead atoms. The van der Waals surface area contributed by atoms with E-state index in [1.807, 2.05) is 27.7 Å². The molecule has 126 valence electrons. The third-order valence-electron chi connectivity index (χ3n) is 3.63. The van der Waals surface area contributed by atoms with Gasteiger partial charge in [-0.15, -0.1) is 0 Å². The van der Waals surface area contributed by atoms with E-state index in [-0.39, 0.29) is 23.9 Å². The van der Waals surface area contributed by atoms with Crippen molar-refractivity contribution in [2.45, 2.75) is 39.3 Å². The molecule has 0 aliphatic carbocycles. The number of carbonyl (C=O) groups excluding carboxylic acids is 2. The predicted octanol–water partition coefficient (Wildman–Crippen LogP) is 2.91. The first-order chi connectivity index (χ1) is 10.7. The van der Waals surface area contributed by atoms with Crippen molar-refractivity contribution in [3.8, 4) is 0 Å². The van der Waals surface area contributed by atoms with Crippen molar-refractivity contribution in [1.29, 1.82) is 0 Å². The largest absolute Gasteiger partial charge is 0.444 e. The molecule has 0 unspecified atom stereocenters. The Morgan fingerprint density at radius 2 is 1.78 bits per heavy atom. The summed E-state index contributed by atoms with van der Waals surface area (Å²) in [6.07, 6.45) is -0.363. The van der Waals surface area contributed by atoms with Gasteiger partial charge < -0.3 is 14.5 Å². The number of nitrogens with zero attached hydrogens (tertiary/aromatic N) is 2. The molecular formula is C17H23FN2O3. The van der Waals surface area contributed by atoms with Gasteiger partial charge in [-0.2, -0.15) is 0 Å². The van der Waals surface area contributed by atoms with E-state index in [9.17, 15) is 14.0 Å². The molecule has 0 N–H and O–H groups in total. The zero-order valence-electron chi connectivity index (χ0n) is 14.0. The minimum absolute atomic E-state index is 0.131. The van der Waals surface area contributed by atoms with E-state index >= 15 is 0 Å². The maximum absolute atomic E-state index is 13.0. The molecule has 1 fully saturated rings. The van der Waals surface area contributed by atoms with Crippen LogP contribution in [0.5, 0.6) is 0 Å². The standard InChI is InChI=1S/C17H23FN2O3/c1-12-11-19(16(22)23-17(2,3)4)9-10-20(12)15(21)13-5-7-14(18)8-6-13/h5-8,12H,9-11H2,1-4H3/t12-/m0/s1. The topological polar surface area (TPSA) is 49.9 Å². The van der Waals surface area contributed by atoms with Gasteiger partial charge in [0, 0.05) is 31.2 Å². The van der Waals surface area contributed by atoms with Gasteiger partial charge in [-0.1, -0.05) is 0 Å². The maximum atomic E-state index is 13.0. The van der Waals surface area contributed by atoms with E-state index in [1.54, 1.807) is 9.80 Å². The van der Waals surface area contributed by atoms with E-state index in [0.29, 0.717) is 25.2 Å². The van der Waals surface area contributed by atoms with Crippen LogP contribution in [0.15, 0.2) is 24.3 Å². The molecule has 5 nitrogen and oxygen atoms in total. The summed E-state index contributed by atoms with van der Waals surface area (Å²) in [5.41, 5.74) is -0.0922. The van der Waals surface area contributed by atoms with Gasteiger partial charge in [0.25, 0.3) is 5.91 Å². The summed E-state index contributed by atoms with van der Waals surface area (Å²) in [5.74, 6) is -0.523. The minimum atomic E-state index is -0.540. The first-order valence-electron chi connectivity index (χ1n) is 7.72. The van der Waals surface area contributed by atoms with E-state index in [1.165, 1.54) is 24.3 Å². The highest BCUT2D eigenvalue weighted by atomic mass is 19.1. The summed E-state index contributed by atoms with van der Waals surface area (Å²) in [6, 6.07) is 5.37. The predicted molar refractivity (Wildman–Crippen MR) is 84.7 cm³/mol. The molecule has 2 amide bonds. The summed E-state index contributed by atoms with van der Waals surface area (Å²) in [5, 5.41) is 0. The fourth-order valence-electron chi connectivity index (χ4n) is 2.51. The van der Waals surface area contributed by atoms with E-state index < -0.39 is 5.60 Å². The SMILES string of the molecule is C[C@H]1CN(C(=O)OC(C)(C)C)CCN1C(=O)c1ccc(F)cc1. The van der Waals surface area contributed by atoms with Gasteiger partial charge in [0.2, 0.25) is 0 Å². The minimum Gasteiger partial charge on any atom is -0.444 e. The molecule has 1 aromatic carbocycles. The summed E-state index contributed by atoms with van der Waals surface area (Å²) in [6.45, 7) is 8.62. The second-order valence-electron chi connectivity index (χ2n) is 6.78. The molecule has 2 rings (SSSR count). The van der Waals surface area contributed by atoms with Gasteiger partial charge in [-0.05, 0) is 52.0 Å². The van der Waals surface area contributed by atoms with Crippen LogP contribution in [0, 0.1) is 5.82 Å². The molecule has 0 aromatic heterocycles. The third-order valence-corrected chi connectivity index (χ3v) is 3.63. The number of amides is 2. The molecule has 6 heteroatoms. The lowest BCUT2D eigenvalue weighted by atomic mass is 10.1. The van der Waals surface area contributed by atoms with Crippen molar-refractivity contribution in [3.05, 3.63) is 35.6 Å². The van der Waals surface area contributed by atoms with Crippen LogP contribution in [-0.4, -0.2) is 53.1 Å². The van der Waals surface area contributed by atoms with E-state index in [2.05, 4.69) is 0 Å². The van der Waals surface area contributed by atoms with Gasteiger partial charge >= 0.3 is 6.09 Å². The highest BCUT2D eigenvalue weighted by molar-refractivity contribution is 5.94. The number of benzene rings is 1. The number of piperazine rings is 1. The normalized spacial score (nSPS) is 18.7. The van der Waals surface area contributed by atoms with Crippen LogP contribution in [0.3, 0.4) is 0 Å². The smallest absolute Gasteiger partial charge is 0.410 e. The molecule has 1 saturated heterocycles. The lowest BCUT2D eigenvalue weighted by Crippen LogP contribution is -2.56. The average Bonchev–Trinajstić information content (AvgIpc) is 2.45. The van der Waals surface area contributed by atoms with Crippen molar-refractivity contribution in [1.82, 2.24) is 9.80 Å². The summed E-state index contributed by atoms with van der Waals surface area (Å²) in [7, 11) is 0. The van der Waals surface area contributed by atoms with Crippen LogP contribution in [-0.2, 0) is 4.74 Å². The number of hydrogen-bond donors (Lipinski definition) is 0. The van der Waals surface area contributed by atoms with Crippen molar-refractivity contribution in [3.63, 3.8) is 0 Å². The quantitative estimate of drug-likeness (QED) is 0.799. The monoisotopic (exact) mass is 322 g/mol. The second kappa shape index (κ2) is 6.56. The Morgan fingerprint density at radius 1 is 1.17 bits per heavy atom. The van der Waals surface area contributed by atoms with Gasteiger partial charge in [-0.3, -0.25) is 4.79 Å². The Hall–Kier alpha value is -2.11. The lowest BCUT2D eigenvalue weighted by Gasteiger charge is -2.40. The number of rotatable bonds is 1. The number of halogens is 1. The van der Waals surface area contributed by atoms with Crippen LogP contribution in [0.25, 0.3) is 0 Å². The van der Waals surface area contributed by atoms with E-state index in [4.69, 9.17) is 4.74 Å². The summed E-state index contributed by atoms with van der Waals surface area (Å²) >= 11 is 0. The lowest BCUT2D eigenvalue weighted by molar-refractivity contribution is 0.00617. The van der Waals surface area contributed by atoms with E-state index in [0.717, 1.165) is 0 Å². The van der Waals surface area contributed by atoms with Crippen molar-refractivity contribution in [2.75, 3.05) is 19.6 Å². The van der Waals surface area contributed by atoms with Crippen molar-refractivity contribution >= 4 is 12.0 Å². The summed E-state index contributed by atoms with van der Waals surface area (Å²) < 4.78 is 18.3. The molecule has 1 aliphatic rings. The molecule has 1 atom stereocenters. The summed E-state index contributed by atoms with van der Waals surface area (Å²) in [4.78, 5) is 27.9. The van der Waals surface area contributed by atoms with Gasteiger partial charge in [0.15, 0.2) is 0 Å². The zero-order chi connectivity index (χ0) is 17.2. The Kier molecular flexibility index (Phi) is 4.92. The average molecular weight is 322 g/mol. The van der Waals surface area contributed by atoms with Crippen LogP contribution in [0.1, 0.15) is 38.1 Å². The Morgan fingerprint density at radius 3 is 2.30 bits per heavy atom. The maximum Gasteiger partial charge on any atom is 0.410 e. The zero-order valence-corrected chi connectivity index (χ0v) is 14.0. The first kappa shape index (κ1) is 17.2. The van der Waals surface area contributed by atoms with Crippen LogP contribution in [0.2, 0.25) is 0 Å². The van der Waals surface area contributed by atoms with Crippen LogP contribution >= 0.6 is 0 Å². The molecule has 1 aliphatic heterocycles. The van der Waals surface area contributed by atoms with Crippen molar-refractivity contribution in [2.24, 2.45) is 0 Å². The fraction of sp³-hybridized carbons (Fsp3) is 0.529. The van der Waals surface area contributed by atoms with Crippen molar-refractivity contribution < 1.29 is 18.7 Å². The molecule has 23 heavy (non-hydrogen) atoms. The molecule has 0 spiro atoms. The van der Waals surface area contributed by atoms with Gasteiger partial charge in [0.1, 0.15) is 11.4 Å². The molecule has 1 aromatic rings. The van der Waals surface area contributed by atoms with Gasteiger partial charge in [0.05, 0.1) is 0 Å². The highest BCUT2D eigenvalue weighted by Gasteiger charge is 2.32.